The highest BCUT2D eigenvalue weighted by Crippen LogP contribution is 2.45. The predicted octanol–water partition coefficient (Wildman–Crippen LogP) is 3.29. The van der Waals surface area contributed by atoms with Crippen LogP contribution in [0.5, 0.6) is 0 Å². The van der Waals surface area contributed by atoms with Crippen LogP contribution < -0.4 is 0 Å². The summed E-state index contributed by atoms with van der Waals surface area (Å²) in [4.78, 5) is 0. The third-order valence-corrected chi connectivity index (χ3v) is 3.23. The van der Waals surface area contributed by atoms with Crippen LogP contribution in [0, 0.1) is 5.92 Å². The van der Waals surface area contributed by atoms with Crippen LogP contribution in [0.15, 0.2) is 36.4 Å². The van der Waals surface area contributed by atoms with Crippen molar-refractivity contribution in [1.29, 1.82) is 0 Å². The average Bonchev–Trinajstić information content (AvgIpc) is 3.00. The van der Waals surface area contributed by atoms with Crippen molar-refractivity contribution in [3.05, 3.63) is 47.5 Å². The molecule has 2 aliphatic rings. The molecule has 0 heterocycles. The first-order valence-corrected chi connectivity index (χ1v) is 5.19. The van der Waals surface area contributed by atoms with Gasteiger partial charge in [0.05, 0.1) is 0 Å². The van der Waals surface area contributed by atoms with Gasteiger partial charge in [0.1, 0.15) is 0 Å². The molecule has 2 aliphatic carbocycles. The molecule has 1 atom stereocenters. The van der Waals surface area contributed by atoms with Crippen molar-refractivity contribution in [3.8, 4) is 0 Å². The van der Waals surface area contributed by atoms with Crippen molar-refractivity contribution in [2.24, 2.45) is 5.92 Å². The van der Waals surface area contributed by atoms with Gasteiger partial charge in [0.15, 0.2) is 0 Å². The SMILES string of the molecule is C1=CC(C2CC2)c2ccccc2C1. The fourth-order valence-corrected chi connectivity index (χ4v) is 2.36. The molecule has 0 spiro atoms. The molecule has 1 unspecified atom stereocenters. The van der Waals surface area contributed by atoms with Crippen molar-refractivity contribution in [2.75, 3.05) is 0 Å². The minimum atomic E-state index is 0.741. The maximum Gasteiger partial charge on any atom is 0.00492 e. The van der Waals surface area contributed by atoms with Gasteiger partial charge in [-0.05, 0) is 36.3 Å². The van der Waals surface area contributed by atoms with Gasteiger partial charge in [-0.2, -0.15) is 0 Å². The number of allylic oxidation sites excluding steroid dienone is 2. The van der Waals surface area contributed by atoms with E-state index >= 15 is 0 Å². The van der Waals surface area contributed by atoms with E-state index < -0.39 is 0 Å². The van der Waals surface area contributed by atoms with Gasteiger partial charge in [0.25, 0.3) is 0 Å². The van der Waals surface area contributed by atoms with E-state index in [2.05, 4.69) is 36.4 Å². The van der Waals surface area contributed by atoms with Crippen molar-refractivity contribution in [2.45, 2.75) is 25.2 Å². The van der Waals surface area contributed by atoms with Crippen molar-refractivity contribution >= 4 is 0 Å². The van der Waals surface area contributed by atoms with E-state index in [1.54, 1.807) is 11.1 Å². The Morgan fingerprint density at radius 3 is 2.77 bits per heavy atom. The Kier molecular flexibility index (Phi) is 1.55. The molecule has 0 amide bonds. The molecule has 0 bridgehead atoms. The van der Waals surface area contributed by atoms with Gasteiger partial charge < -0.3 is 0 Å². The fraction of sp³-hybridized carbons (Fsp3) is 0.385. The summed E-state index contributed by atoms with van der Waals surface area (Å²) in [5.74, 6) is 1.70. The van der Waals surface area contributed by atoms with E-state index in [0.29, 0.717) is 0 Å². The molecule has 0 nitrogen and oxygen atoms in total. The van der Waals surface area contributed by atoms with Crippen LogP contribution in [0.25, 0.3) is 0 Å². The van der Waals surface area contributed by atoms with E-state index in [9.17, 15) is 0 Å². The van der Waals surface area contributed by atoms with Crippen LogP contribution in [0.3, 0.4) is 0 Å². The Bertz CT molecular complexity index is 345. The molecule has 0 radical (unpaired) electrons. The smallest absolute Gasteiger partial charge is 0.00492 e. The highest BCUT2D eigenvalue weighted by Gasteiger charge is 2.32. The largest absolute Gasteiger partial charge is 0.0835 e. The number of benzene rings is 1. The second-order valence-electron chi connectivity index (χ2n) is 4.19. The number of hydrogen-bond acceptors (Lipinski definition) is 0. The zero-order valence-corrected chi connectivity index (χ0v) is 7.74. The molecule has 0 N–H and O–H groups in total. The Morgan fingerprint density at radius 1 is 1.08 bits per heavy atom. The fourth-order valence-electron chi connectivity index (χ4n) is 2.36. The zero-order chi connectivity index (χ0) is 8.67. The lowest BCUT2D eigenvalue weighted by atomic mass is 9.85. The average molecular weight is 170 g/mol. The lowest BCUT2D eigenvalue weighted by molar-refractivity contribution is 0.708. The highest BCUT2D eigenvalue weighted by atomic mass is 14.4. The molecule has 1 saturated carbocycles. The Balaban J connectivity index is 2.04. The lowest BCUT2D eigenvalue weighted by Crippen LogP contribution is -2.05. The van der Waals surface area contributed by atoms with Crippen molar-refractivity contribution in [1.82, 2.24) is 0 Å². The van der Waals surface area contributed by atoms with Gasteiger partial charge in [0.2, 0.25) is 0 Å². The zero-order valence-electron chi connectivity index (χ0n) is 7.74. The van der Waals surface area contributed by atoms with Crippen LogP contribution in [0.4, 0.5) is 0 Å². The van der Waals surface area contributed by atoms with Gasteiger partial charge in [-0.1, -0.05) is 36.4 Å². The summed E-state index contributed by atoms with van der Waals surface area (Å²) in [6, 6.07) is 8.91. The summed E-state index contributed by atoms with van der Waals surface area (Å²) in [6.07, 6.45) is 8.76. The molecule has 0 saturated heterocycles. The summed E-state index contributed by atoms with van der Waals surface area (Å²) >= 11 is 0. The topological polar surface area (TPSA) is 0 Å². The van der Waals surface area contributed by atoms with Gasteiger partial charge in [-0.3, -0.25) is 0 Å². The van der Waals surface area contributed by atoms with Crippen molar-refractivity contribution in [3.63, 3.8) is 0 Å². The molecule has 1 aromatic rings. The molecule has 1 aromatic carbocycles. The number of fused-ring (bicyclic) bond motifs is 1. The first-order valence-electron chi connectivity index (χ1n) is 5.19. The highest BCUT2D eigenvalue weighted by molar-refractivity contribution is 5.39. The van der Waals surface area contributed by atoms with Crippen LogP contribution in [-0.2, 0) is 6.42 Å². The summed E-state index contributed by atoms with van der Waals surface area (Å²) in [5.41, 5.74) is 3.13. The molecule has 0 heteroatoms. The van der Waals surface area contributed by atoms with Crippen LogP contribution >= 0.6 is 0 Å². The predicted molar refractivity (Wildman–Crippen MR) is 54.8 cm³/mol. The Morgan fingerprint density at radius 2 is 1.92 bits per heavy atom. The second-order valence-corrected chi connectivity index (χ2v) is 4.19. The lowest BCUT2D eigenvalue weighted by Gasteiger charge is -2.20. The molecule has 0 aromatic heterocycles. The van der Waals surface area contributed by atoms with Gasteiger partial charge in [-0.15, -0.1) is 0 Å². The van der Waals surface area contributed by atoms with Crippen LogP contribution in [-0.4, -0.2) is 0 Å². The van der Waals surface area contributed by atoms with E-state index in [1.807, 2.05) is 0 Å². The second kappa shape index (κ2) is 2.73. The summed E-state index contributed by atoms with van der Waals surface area (Å²) < 4.78 is 0. The molecule has 13 heavy (non-hydrogen) atoms. The maximum absolute atomic E-state index is 2.42. The Hall–Kier alpha value is -1.04. The number of hydrogen-bond donors (Lipinski definition) is 0. The maximum atomic E-state index is 2.42. The molecule has 3 rings (SSSR count). The van der Waals surface area contributed by atoms with Crippen LogP contribution in [0.1, 0.15) is 29.9 Å². The number of rotatable bonds is 1. The summed E-state index contributed by atoms with van der Waals surface area (Å²) in [6.45, 7) is 0. The molecule has 1 fully saturated rings. The van der Waals surface area contributed by atoms with Gasteiger partial charge >= 0.3 is 0 Å². The van der Waals surface area contributed by atoms with E-state index in [-0.39, 0.29) is 0 Å². The van der Waals surface area contributed by atoms with Crippen LogP contribution in [0.2, 0.25) is 0 Å². The van der Waals surface area contributed by atoms with E-state index in [1.165, 1.54) is 12.8 Å². The molecule has 0 aliphatic heterocycles. The van der Waals surface area contributed by atoms with Crippen molar-refractivity contribution < 1.29 is 0 Å². The van der Waals surface area contributed by atoms with Gasteiger partial charge in [-0.25, -0.2) is 0 Å². The minimum absolute atomic E-state index is 0.741. The quantitative estimate of drug-likeness (QED) is 0.567. The van der Waals surface area contributed by atoms with E-state index in [4.69, 9.17) is 0 Å². The monoisotopic (exact) mass is 170 g/mol. The standard InChI is InChI=1S/C13H14/c1-2-6-12-10(4-1)5-3-7-13(12)11-8-9-11/h1-4,6-7,11,13H,5,8-9H2. The van der Waals surface area contributed by atoms with Gasteiger partial charge in [0, 0.05) is 5.92 Å². The third kappa shape index (κ3) is 1.21. The Labute approximate surface area is 79.3 Å². The van der Waals surface area contributed by atoms with E-state index in [0.717, 1.165) is 18.3 Å². The normalized spacial score (nSPS) is 25.7. The first kappa shape index (κ1) is 7.37. The summed E-state index contributed by atoms with van der Waals surface area (Å²) in [5, 5.41) is 0. The molecule has 66 valence electrons. The first-order chi connectivity index (χ1) is 6.45. The summed E-state index contributed by atoms with van der Waals surface area (Å²) in [7, 11) is 0. The minimum Gasteiger partial charge on any atom is -0.0835 e. The third-order valence-electron chi connectivity index (χ3n) is 3.23. The molecular weight excluding hydrogens is 156 g/mol. The molecular formula is C13H14.